The lowest BCUT2D eigenvalue weighted by Gasteiger charge is -2.17. The summed E-state index contributed by atoms with van der Waals surface area (Å²) in [6.07, 6.45) is 0. The first-order valence-electron chi connectivity index (χ1n) is 18.9. The van der Waals surface area contributed by atoms with Crippen molar-refractivity contribution in [2.45, 2.75) is 0 Å². The molecule has 5 heteroatoms. The lowest BCUT2D eigenvalue weighted by atomic mass is 10.0. The summed E-state index contributed by atoms with van der Waals surface area (Å²) in [5.41, 5.74) is 11.6. The van der Waals surface area contributed by atoms with Crippen LogP contribution in [0, 0.1) is 0 Å². The normalized spacial score (nSPS) is 11.6. The van der Waals surface area contributed by atoms with Crippen molar-refractivity contribution in [3.8, 4) is 56.7 Å². The fourth-order valence-corrected chi connectivity index (χ4v) is 8.20. The topological polar surface area (TPSA) is 48.5 Å². The number of fused-ring (bicyclic) bond motifs is 6. The largest absolute Gasteiger partial charge is 0.308 e. The number of benzene rings is 8. The van der Waals surface area contributed by atoms with E-state index in [1.807, 2.05) is 18.2 Å². The minimum atomic E-state index is 0.566. The second kappa shape index (κ2) is 13.0. The van der Waals surface area contributed by atoms with Crippen molar-refractivity contribution in [2.24, 2.45) is 0 Å². The Labute approximate surface area is 323 Å². The number of rotatable bonds is 6. The minimum absolute atomic E-state index is 0.566. The third kappa shape index (κ3) is 5.21. The van der Waals surface area contributed by atoms with Crippen molar-refractivity contribution in [3.63, 3.8) is 0 Å². The van der Waals surface area contributed by atoms with Crippen molar-refractivity contribution >= 4 is 43.6 Å². The van der Waals surface area contributed by atoms with Gasteiger partial charge in [-0.05, 0) is 58.7 Å². The van der Waals surface area contributed by atoms with Crippen LogP contribution in [-0.2, 0) is 0 Å². The van der Waals surface area contributed by atoms with Gasteiger partial charge in [0, 0.05) is 32.7 Å². The highest BCUT2D eigenvalue weighted by atomic mass is 15.2. The van der Waals surface area contributed by atoms with Crippen molar-refractivity contribution < 1.29 is 0 Å². The number of aromatic nitrogens is 5. The Morgan fingerprint density at radius 1 is 0.286 bits per heavy atom. The summed E-state index contributed by atoms with van der Waals surface area (Å²) >= 11 is 0. The predicted molar refractivity (Wildman–Crippen MR) is 230 cm³/mol. The molecule has 0 aliphatic rings. The van der Waals surface area contributed by atoms with Gasteiger partial charge in [-0.3, -0.25) is 4.57 Å². The smallest absolute Gasteiger partial charge is 0.238 e. The van der Waals surface area contributed by atoms with Crippen molar-refractivity contribution in [1.29, 1.82) is 0 Å². The predicted octanol–water partition coefficient (Wildman–Crippen LogP) is 12.7. The quantitative estimate of drug-likeness (QED) is 0.172. The lowest BCUT2D eigenvalue weighted by Crippen LogP contribution is -2.08. The van der Waals surface area contributed by atoms with Crippen LogP contribution in [0.2, 0.25) is 0 Å². The molecule has 0 atom stereocenters. The summed E-state index contributed by atoms with van der Waals surface area (Å²) in [4.78, 5) is 16.0. The standard InChI is InChI=1S/C51H33N5/c1-4-16-34(17-5-1)37-29-31-47(55-44-25-13-10-24-41(44)42-30-28-38(33-48(42)55)35-18-6-2-7-19-35)43(32-37)50-52-49(36-20-8-3-9-21-36)53-51(54-50)56-45-26-14-11-22-39(45)40-23-12-15-27-46(40)56/h1-33H. The highest BCUT2D eigenvalue weighted by Gasteiger charge is 2.22. The summed E-state index contributed by atoms with van der Waals surface area (Å²) in [6.45, 7) is 0. The van der Waals surface area contributed by atoms with Crippen LogP contribution >= 0.6 is 0 Å². The second-order valence-electron chi connectivity index (χ2n) is 14.1. The van der Waals surface area contributed by atoms with Crippen molar-refractivity contribution in [3.05, 3.63) is 200 Å². The number of hydrogen-bond acceptors (Lipinski definition) is 3. The third-order valence-electron chi connectivity index (χ3n) is 10.8. The van der Waals surface area contributed by atoms with Crippen molar-refractivity contribution in [1.82, 2.24) is 24.1 Å². The lowest BCUT2D eigenvalue weighted by molar-refractivity contribution is 0.952. The SMILES string of the molecule is c1ccc(-c2ccc(-n3c4ccccc4c4ccc(-c5ccccc5)cc43)c(-c3nc(-c4ccccc4)nc(-n4c5ccccc5c5ccccc54)n3)c2)cc1. The number of para-hydroxylation sites is 3. The first kappa shape index (κ1) is 31.9. The van der Waals surface area contributed by atoms with E-state index in [4.69, 9.17) is 15.0 Å². The fourth-order valence-electron chi connectivity index (χ4n) is 8.20. The Balaban J connectivity index is 1.24. The Kier molecular flexibility index (Phi) is 7.42. The van der Waals surface area contributed by atoms with E-state index >= 15 is 0 Å². The zero-order chi connectivity index (χ0) is 37.0. The molecule has 11 rings (SSSR count). The van der Waals surface area contributed by atoms with Crippen LogP contribution in [-0.4, -0.2) is 24.1 Å². The average molecular weight is 716 g/mol. The van der Waals surface area contributed by atoms with Crippen LogP contribution in [0.15, 0.2) is 200 Å². The van der Waals surface area contributed by atoms with E-state index in [0.717, 1.165) is 66.3 Å². The molecule has 0 spiro atoms. The van der Waals surface area contributed by atoms with Gasteiger partial charge < -0.3 is 4.57 Å². The van der Waals surface area contributed by atoms with E-state index in [1.165, 1.54) is 16.3 Å². The second-order valence-corrected chi connectivity index (χ2v) is 14.1. The molecular formula is C51H33N5. The molecule has 0 unspecified atom stereocenters. The zero-order valence-electron chi connectivity index (χ0n) is 30.3. The maximum absolute atomic E-state index is 5.43. The molecule has 0 amide bonds. The van der Waals surface area contributed by atoms with E-state index in [1.54, 1.807) is 0 Å². The van der Waals surface area contributed by atoms with Crippen LogP contribution in [0.25, 0.3) is 100 Å². The summed E-state index contributed by atoms with van der Waals surface area (Å²) in [5.74, 6) is 1.77. The summed E-state index contributed by atoms with van der Waals surface area (Å²) < 4.78 is 4.56. The number of hydrogen-bond donors (Lipinski definition) is 0. The van der Waals surface area contributed by atoms with Crippen LogP contribution in [0.5, 0.6) is 0 Å². The summed E-state index contributed by atoms with van der Waals surface area (Å²) in [7, 11) is 0. The molecule has 11 aromatic rings. The van der Waals surface area contributed by atoms with E-state index in [9.17, 15) is 0 Å². The molecule has 5 nitrogen and oxygen atoms in total. The van der Waals surface area contributed by atoms with Gasteiger partial charge in [0.1, 0.15) is 0 Å². The maximum Gasteiger partial charge on any atom is 0.238 e. The first-order chi connectivity index (χ1) is 27.8. The highest BCUT2D eigenvalue weighted by molar-refractivity contribution is 6.11. The van der Waals surface area contributed by atoms with Gasteiger partial charge in [0.25, 0.3) is 0 Å². The van der Waals surface area contributed by atoms with Gasteiger partial charge in [-0.2, -0.15) is 9.97 Å². The molecule has 0 saturated heterocycles. The van der Waals surface area contributed by atoms with Crippen LogP contribution < -0.4 is 0 Å². The third-order valence-corrected chi connectivity index (χ3v) is 10.8. The Bertz CT molecular complexity index is 3180. The fraction of sp³-hybridized carbons (Fsp3) is 0. The monoisotopic (exact) mass is 715 g/mol. The molecule has 56 heavy (non-hydrogen) atoms. The van der Waals surface area contributed by atoms with Gasteiger partial charge in [-0.1, -0.05) is 164 Å². The van der Waals surface area contributed by atoms with Crippen LogP contribution in [0.1, 0.15) is 0 Å². The molecule has 0 N–H and O–H groups in total. The van der Waals surface area contributed by atoms with Gasteiger partial charge in [0.15, 0.2) is 11.6 Å². The Hall–Kier alpha value is -7.63. The molecule has 0 saturated carbocycles. The molecule has 3 aromatic heterocycles. The van der Waals surface area contributed by atoms with Gasteiger partial charge in [0.05, 0.1) is 27.8 Å². The molecule has 0 fully saturated rings. The molecule has 8 aromatic carbocycles. The Morgan fingerprint density at radius 2 is 0.732 bits per heavy atom. The molecule has 262 valence electrons. The zero-order valence-corrected chi connectivity index (χ0v) is 30.3. The van der Waals surface area contributed by atoms with Crippen LogP contribution in [0.3, 0.4) is 0 Å². The average Bonchev–Trinajstić information content (AvgIpc) is 3.79. The Morgan fingerprint density at radius 3 is 1.32 bits per heavy atom. The van der Waals surface area contributed by atoms with E-state index in [-0.39, 0.29) is 0 Å². The summed E-state index contributed by atoms with van der Waals surface area (Å²) in [5, 5.41) is 4.67. The van der Waals surface area contributed by atoms with E-state index < -0.39 is 0 Å². The molecule has 3 heterocycles. The van der Waals surface area contributed by atoms with Crippen molar-refractivity contribution in [2.75, 3.05) is 0 Å². The molecule has 0 bridgehead atoms. The molecule has 0 aliphatic heterocycles. The minimum Gasteiger partial charge on any atom is -0.308 e. The van der Waals surface area contributed by atoms with Gasteiger partial charge in [-0.15, -0.1) is 0 Å². The van der Waals surface area contributed by atoms with E-state index in [0.29, 0.717) is 17.6 Å². The maximum atomic E-state index is 5.43. The van der Waals surface area contributed by atoms with Gasteiger partial charge in [0.2, 0.25) is 5.95 Å². The number of nitrogens with zero attached hydrogens (tertiary/aromatic N) is 5. The molecule has 0 radical (unpaired) electrons. The van der Waals surface area contributed by atoms with Gasteiger partial charge >= 0.3 is 0 Å². The van der Waals surface area contributed by atoms with E-state index in [2.05, 4.69) is 191 Å². The molecular weight excluding hydrogens is 683 g/mol. The van der Waals surface area contributed by atoms with Gasteiger partial charge in [-0.25, -0.2) is 4.98 Å². The summed E-state index contributed by atoms with van der Waals surface area (Å²) in [6, 6.07) is 70.4. The molecule has 0 aliphatic carbocycles. The first-order valence-corrected chi connectivity index (χ1v) is 18.9. The van der Waals surface area contributed by atoms with Crippen LogP contribution in [0.4, 0.5) is 0 Å². The highest BCUT2D eigenvalue weighted by Crippen LogP contribution is 2.40.